The van der Waals surface area contributed by atoms with Crippen LogP contribution in [0.3, 0.4) is 0 Å². The topological polar surface area (TPSA) is 58.3 Å². The summed E-state index contributed by atoms with van der Waals surface area (Å²) in [6.45, 7) is 3.78. The molecule has 0 saturated carbocycles. The normalized spacial score (nSPS) is 35.2. The summed E-state index contributed by atoms with van der Waals surface area (Å²) in [6, 6.07) is 0.235. The number of hydrogen-bond acceptors (Lipinski definition) is 3. The lowest BCUT2D eigenvalue weighted by atomic mass is 9.88. The number of nitrogens with two attached hydrogens (primary N) is 1. The van der Waals surface area contributed by atoms with Crippen molar-refractivity contribution in [1.29, 1.82) is 0 Å². The van der Waals surface area contributed by atoms with E-state index in [0.29, 0.717) is 5.92 Å². The van der Waals surface area contributed by atoms with E-state index in [0.717, 1.165) is 25.9 Å². The quantitative estimate of drug-likeness (QED) is 0.517. The minimum Gasteiger partial charge on any atom is -0.393 e. The average molecular weight is 158 g/mol. The van der Waals surface area contributed by atoms with Gasteiger partial charge < -0.3 is 16.2 Å². The van der Waals surface area contributed by atoms with Gasteiger partial charge in [0, 0.05) is 12.6 Å². The van der Waals surface area contributed by atoms with Gasteiger partial charge in [-0.2, -0.15) is 0 Å². The second-order valence-corrected chi connectivity index (χ2v) is 3.50. The Labute approximate surface area is 68.0 Å². The zero-order valence-corrected chi connectivity index (χ0v) is 7.09. The number of rotatable bonds is 2. The molecule has 3 nitrogen and oxygen atoms in total. The summed E-state index contributed by atoms with van der Waals surface area (Å²) in [7, 11) is 0. The largest absolute Gasteiger partial charge is 0.393 e. The van der Waals surface area contributed by atoms with Crippen LogP contribution in [-0.2, 0) is 0 Å². The van der Waals surface area contributed by atoms with Crippen LogP contribution in [0.15, 0.2) is 0 Å². The van der Waals surface area contributed by atoms with Crippen LogP contribution in [-0.4, -0.2) is 30.3 Å². The van der Waals surface area contributed by atoms with E-state index in [1.807, 2.05) is 6.92 Å². The number of hydrogen-bond donors (Lipinski definition) is 3. The molecule has 0 bridgehead atoms. The molecule has 3 unspecified atom stereocenters. The minimum absolute atomic E-state index is 0.204. The lowest BCUT2D eigenvalue weighted by Crippen LogP contribution is -2.46. The van der Waals surface area contributed by atoms with Crippen LogP contribution in [0.25, 0.3) is 0 Å². The Hall–Kier alpha value is -0.120. The lowest BCUT2D eigenvalue weighted by Gasteiger charge is -2.30. The van der Waals surface area contributed by atoms with Crippen molar-refractivity contribution in [1.82, 2.24) is 5.32 Å². The molecule has 66 valence electrons. The first-order valence-electron chi connectivity index (χ1n) is 4.34. The Bertz CT molecular complexity index is 117. The molecule has 0 aromatic rings. The monoisotopic (exact) mass is 158 g/mol. The van der Waals surface area contributed by atoms with Gasteiger partial charge >= 0.3 is 0 Å². The van der Waals surface area contributed by atoms with Gasteiger partial charge in [-0.1, -0.05) is 0 Å². The fraction of sp³-hybridized carbons (Fsp3) is 1.00. The Balaban J connectivity index is 2.29. The number of aliphatic hydroxyl groups is 1. The molecule has 11 heavy (non-hydrogen) atoms. The van der Waals surface area contributed by atoms with E-state index >= 15 is 0 Å². The molecule has 0 radical (unpaired) electrons. The van der Waals surface area contributed by atoms with E-state index < -0.39 is 0 Å². The minimum atomic E-state index is -0.204. The number of aliphatic hydroxyl groups excluding tert-OH is 1. The van der Waals surface area contributed by atoms with Crippen molar-refractivity contribution < 1.29 is 5.11 Å². The third-order valence-electron chi connectivity index (χ3n) is 2.32. The summed E-state index contributed by atoms with van der Waals surface area (Å²) in [5, 5.41) is 12.4. The molecule has 3 atom stereocenters. The second-order valence-electron chi connectivity index (χ2n) is 3.50. The van der Waals surface area contributed by atoms with Gasteiger partial charge in [0.2, 0.25) is 0 Å². The van der Waals surface area contributed by atoms with Crippen molar-refractivity contribution in [2.24, 2.45) is 11.7 Å². The molecule has 0 aromatic heterocycles. The lowest BCUT2D eigenvalue weighted by molar-refractivity contribution is 0.141. The third kappa shape index (κ3) is 2.77. The van der Waals surface area contributed by atoms with Gasteiger partial charge in [0.25, 0.3) is 0 Å². The first-order valence-corrected chi connectivity index (χ1v) is 4.34. The Morgan fingerprint density at radius 3 is 3.00 bits per heavy atom. The Morgan fingerprint density at radius 1 is 1.73 bits per heavy atom. The summed E-state index contributed by atoms with van der Waals surface area (Å²) < 4.78 is 0. The van der Waals surface area contributed by atoms with Gasteiger partial charge in [-0.15, -0.1) is 0 Å². The van der Waals surface area contributed by atoms with E-state index in [4.69, 9.17) is 10.8 Å². The summed E-state index contributed by atoms with van der Waals surface area (Å²) in [5.74, 6) is 0.510. The molecule has 4 N–H and O–H groups in total. The van der Waals surface area contributed by atoms with Crippen molar-refractivity contribution in [3.05, 3.63) is 0 Å². The maximum Gasteiger partial charge on any atom is 0.0515 e. The van der Waals surface area contributed by atoms with Crippen LogP contribution in [0.1, 0.15) is 19.8 Å². The summed E-state index contributed by atoms with van der Waals surface area (Å²) in [4.78, 5) is 0. The fourth-order valence-electron chi connectivity index (χ4n) is 1.67. The fourth-order valence-corrected chi connectivity index (χ4v) is 1.67. The first kappa shape index (κ1) is 8.97. The smallest absolute Gasteiger partial charge is 0.0515 e. The van der Waals surface area contributed by atoms with Crippen molar-refractivity contribution in [3.63, 3.8) is 0 Å². The third-order valence-corrected chi connectivity index (χ3v) is 2.32. The number of nitrogens with one attached hydrogen (secondary N) is 1. The molecule has 0 aliphatic carbocycles. The molecule has 3 heteroatoms. The van der Waals surface area contributed by atoms with Crippen LogP contribution < -0.4 is 11.1 Å². The molecule has 1 saturated heterocycles. The molecule has 1 aliphatic heterocycles. The molecule has 1 fully saturated rings. The van der Waals surface area contributed by atoms with Gasteiger partial charge in [-0.3, -0.25) is 0 Å². The molecule has 1 rings (SSSR count). The van der Waals surface area contributed by atoms with Crippen LogP contribution in [0.5, 0.6) is 0 Å². The first-order chi connectivity index (χ1) is 5.20. The molecule has 1 aliphatic rings. The van der Waals surface area contributed by atoms with Crippen LogP contribution in [0, 0.1) is 5.92 Å². The highest BCUT2D eigenvalue weighted by Crippen LogP contribution is 2.16. The van der Waals surface area contributed by atoms with E-state index in [9.17, 15) is 0 Å². The van der Waals surface area contributed by atoms with Gasteiger partial charge in [0.15, 0.2) is 0 Å². The SMILES string of the molecule is CC(O)CC1CCNCC1N. The highest BCUT2D eigenvalue weighted by atomic mass is 16.3. The maximum absolute atomic E-state index is 9.15. The zero-order chi connectivity index (χ0) is 8.27. The van der Waals surface area contributed by atoms with Crippen molar-refractivity contribution in [2.75, 3.05) is 13.1 Å². The molecule has 1 heterocycles. The predicted octanol–water partition coefficient (Wildman–Crippen LogP) is -0.306. The maximum atomic E-state index is 9.15. The standard InChI is InChI=1S/C8H18N2O/c1-6(11)4-7-2-3-10-5-8(7)9/h6-8,10-11H,2-5,9H2,1H3. The van der Waals surface area contributed by atoms with E-state index in [2.05, 4.69) is 5.32 Å². The van der Waals surface area contributed by atoms with Crippen molar-refractivity contribution in [2.45, 2.75) is 31.9 Å². The second kappa shape index (κ2) is 4.04. The molecular weight excluding hydrogens is 140 g/mol. The van der Waals surface area contributed by atoms with Crippen LogP contribution >= 0.6 is 0 Å². The highest BCUT2D eigenvalue weighted by Gasteiger charge is 2.22. The molecular formula is C8H18N2O. The van der Waals surface area contributed by atoms with Crippen LogP contribution in [0.2, 0.25) is 0 Å². The Kier molecular flexibility index (Phi) is 3.30. The molecule has 0 spiro atoms. The van der Waals surface area contributed by atoms with Gasteiger partial charge in [0.05, 0.1) is 6.10 Å². The molecule has 0 amide bonds. The Morgan fingerprint density at radius 2 is 2.45 bits per heavy atom. The average Bonchev–Trinajstić information content (AvgIpc) is 1.93. The van der Waals surface area contributed by atoms with E-state index in [-0.39, 0.29) is 12.1 Å². The predicted molar refractivity (Wildman–Crippen MR) is 45.2 cm³/mol. The van der Waals surface area contributed by atoms with Gasteiger partial charge in [0.1, 0.15) is 0 Å². The highest BCUT2D eigenvalue weighted by molar-refractivity contribution is 4.81. The van der Waals surface area contributed by atoms with Gasteiger partial charge in [-0.05, 0) is 32.2 Å². The summed E-state index contributed by atoms with van der Waals surface area (Å²) in [5.41, 5.74) is 5.85. The molecule has 0 aromatic carbocycles. The zero-order valence-electron chi connectivity index (χ0n) is 7.09. The van der Waals surface area contributed by atoms with E-state index in [1.54, 1.807) is 0 Å². The number of piperidine rings is 1. The summed E-state index contributed by atoms with van der Waals surface area (Å²) >= 11 is 0. The van der Waals surface area contributed by atoms with Gasteiger partial charge in [-0.25, -0.2) is 0 Å². The summed E-state index contributed by atoms with van der Waals surface area (Å²) in [6.07, 6.45) is 1.75. The van der Waals surface area contributed by atoms with Crippen molar-refractivity contribution in [3.8, 4) is 0 Å². The van der Waals surface area contributed by atoms with Crippen molar-refractivity contribution >= 4 is 0 Å². The van der Waals surface area contributed by atoms with E-state index in [1.165, 1.54) is 0 Å². The van der Waals surface area contributed by atoms with Crippen LogP contribution in [0.4, 0.5) is 0 Å².